The highest BCUT2D eigenvalue weighted by molar-refractivity contribution is 6.19. The summed E-state index contributed by atoms with van der Waals surface area (Å²) in [5.41, 5.74) is 19.6. The van der Waals surface area contributed by atoms with Crippen LogP contribution in [-0.4, -0.2) is 23.7 Å². The fraction of sp³-hybridized carbons (Fsp3) is 0. The lowest BCUT2D eigenvalue weighted by atomic mass is 9.97. The van der Waals surface area contributed by atoms with Crippen molar-refractivity contribution in [3.63, 3.8) is 0 Å². The number of fused-ring (bicyclic) bond motifs is 15. The van der Waals surface area contributed by atoms with Crippen molar-refractivity contribution in [3.8, 4) is 39.3 Å². The number of para-hydroxylation sites is 7. The highest BCUT2D eigenvalue weighted by Gasteiger charge is 2.22. The van der Waals surface area contributed by atoms with Crippen molar-refractivity contribution in [2.45, 2.75) is 0 Å². The van der Waals surface area contributed by atoms with Gasteiger partial charge in [0, 0.05) is 93.1 Å². The number of rotatable bonds is 5. The third-order valence-electron chi connectivity index (χ3n) is 15.3. The zero-order chi connectivity index (χ0) is 46.3. The number of hydrogen-bond acceptors (Lipinski definition) is 0. The van der Waals surface area contributed by atoms with Crippen molar-refractivity contribution < 1.29 is 0 Å². The van der Waals surface area contributed by atoms with E-state index in [-0.39, 0.29) is 0 Å². The maximum absolute atomic E-state index is 3.89. The molecule has 0 saturated heterocycles. The summed E-state index contributed by atoms with van der Waals surface area (Å²) in [5.74, 6) is 0. The summed E-state index contributed by atoms with van der Waals surface area (Å²) >= 11 is 0. The molecule has 0 fully saturated rings. The van der Waals surface area contributed by atoms with Crippen LogP contribution in [0.3, 0.4) is 0 Å². The van der Waals surface area contributed by atoms with E-state index in [9.17, 15) is 0 Å². The number of hydrogen-bond donors (Lipinski definition) is 2. The molecule has 0 bridgehead atoms. The third-order valence-corrected chi connectivity index (χ3v) is 15.3. The van der Waals surface area contributed by atoms with Crippen LogP contribution in [0, 0.1) is 0 Å². The van der Waals surface area contributed by atoms with E-state index in [2.05, 4.69) is 260 Å². The van der Waals surface area contributed by atoms with Gasteiger partial charge in [-0.1, -0.05) is 140 Å². The summed E-state index contributed by atoms with van der Waals surface area (Å²) in [6.45, 7) is 0. The predicted octanol–water partition coefficient (Wildman–Crippen LogP) is 17.6. The number of aromatic nitrogens is 5. The van der Waals surface area contributed by atoms with Crippen molar-refractivity contribution in [1.29, 1.82) is 0 Å². The molecule has 0 radical (unpaired) electrons. The predicted molar refractivity (Wildman–Crippen MR) is 299 cm³/mol. The lowest BCUT2D eigenvalue weighted by Crippen LogP contribution is -1.96. The second-order valence-corrected chi connectivity index (χ2v) is 19.0. The first-order chi connectivity index (χ1) is 35.2. The van der Waals surface area contributed by atoms with Crippen molar-refractivity contribution >= 4 is 109 Å². The molecule has 0 saturated carbocycles. The van der Waals surface area contributed by atoms with Crippen LogP contribution in [0.5, 0.6) is 0 Å². The zero-order valence-corrected chi connectivity index (χ0v) is 38.4. The van der Waals surface area contributed by atoms with Crippen molar-refractivity contribution in [2.75, 3.05) is 0 Å². The van der Waals surface area contributed by atoms with Crippen LogP contribution in [0.25, 0.3) is 148 Å². The van der Waals surface area contributed by atoms with E-state index in [0.717, 1.165) is 72.4 Å². The molecule has 0 aliphatic carbocycles. The molecule has 71 heavy (non-hydrogen) atoms. The second kappa shape index (κ2) is 14.5. The molecule has 5 heteroatoms. The Bertz CT molecular complexity index is 4480. The maximum atomic E-state index is 3.89. The van der Waals surface area contributed by atoms with E-state index < -0.39 is 0 Å². The van der Waals surface area contributed by atoms with E-state index in [4.69, 9.17) is 0 Å². The van der Waals surface area contributed by atoms with Crippen LogP contribution in [0.2, 0.25) is 0 Å². The molecule has 5 aromatic heterocycles. The van der Waals surface area contributed by atoms with Gasteiger partial charge in [0.25, 0.3) is 0 Å². The second-order valence-electron chi connectivity index (χ2n) is 19.0. The minimum atomic E-state index is 1.13. The molecule has 11 aromatic carbocycles. The van der Waals surface area contributed by atoms with E-state index in [1.807, 2.05) is 0 Å². The van der Waals surface area contributed by atoms with E-state index in [1.54, 1.807) is 0 Å². The lowest BCUT2D eigenvalue weighted by molar-refractivity contribution is 1.18. The average Bonchev–Trinajstić information content (AvgIpc) is 4.24. The van der Waals surface area contributed by atoms with Crippen molar-refractivity contribution in [1.82, 2.24) is 23.7 Å². The molecule has 0 aliphatic heterocycles. The lowest BCUT2D eigenvalue weighted by Gasteiger charge is -2.13. The first-order valence-corrected chi connectivity index (χ1v) is 24.4. The van der Waals surface area contributed by atoms with Gasteiger partial charge in [0.05, 0.1) is 44.1 Å². The van der Waals surface area contributed by atoms with Gasteiger partial charge in [-0.15, -0.1) is 0 Å². The number of aromatic amines is 2. The van der Waals surface area contributed by atoms with Gasteiger partial charge in [0.2, 0.25) is 0 Å². The molecule has 330 valence electrons. The first kappa shape index (κ1) is 38.4. The molecule has 5 nitrogen and oxygen atoms in total. The molecule has 0 spiro atoms. The molecule has 5 heterocycles. The minimum absolute atomic E-state index is 1.13. The van der Waals surface area contributed by atoms with E-state index in [1.165, 1.54) is 75.9 Å². The molecule has 0 amide bonds. The van der Waals surface area contributed by atoms with Gasteiger partial charge in [-0.3, -0.25) is 0 Å². The Labute approximate surface area is 406 Å². The van der Waals surface area contributed by atoms with Crippen molar-refractivity contribution in [2.24, 2.45) is 0 Å². The largest absolute Gasteiger partial charge is 0.354 e. The molecule has 0 aliphatic rings. The van der Waals surface area contributed by atoms with Crippen LogP contribution in [0.1, 0.15) is 0 Å². The van der Waals surface area contributed by atoms with Crippen LogP contribution >= 0.6 is 0 Å². The smallest absolute Gasteiger partial charge is 0.0546 e. The van der Waals surface area contributed by atoms with E-state index in [0.29, 0.717) is 0 Å². The quantitative estimate of drug-likeness (QED) is 0.173. The molecule has 0 unspecified atom stereocenters. The zero-order valence-electron chi connectivity index (χ0n) is 38.4. The number of nitrogens with one attached hydrogen (secondary N) is 2. The van der Waals surface area contributed by atoms with Crippen molar-refractivity contribution in [3.05, 3.63) is 237 Å². The maximum Gasteiger partial charge on any atom is 0.0546 e. The van der Waals surface area contributed by atoms with Gasteiger partial charge in [0.1, 0.15) is 0 Å². The summed E-state index contributed by atoms with van der Waals surface area (Å²) in [4.78, 5) is 7.77. The minimum Gasteiger partial charge on any atom is -0.354 e. The summed E-state index contributed by atoms with van der Waals surface area (Å²) in [6, 6.07) is 87.1. The first-order valence-electron chi connectivity index (χ1n) is 24.4. The van der Waals surface area contributed by atoms with Crippen LogP contribution in [0.15, 0.2) is 237 Å². The number of nitrogens with zero attached hydrogens (tertiary/aromatic N) is 3. The SMILES string of the molecule is c1ccc(-n2c3ccc(-c4cc(-n5c6ccccc6c6ccccc65)cc5c4[nH]c4ccccc45)cc3c3cc(-c4cc(-n5c6ccccc6c6ccccc65)cc5c4[nH]c4ccccc45)ccc32)cc1. The van der Waals surface area contributed by atoms with Gasteiger partial charge in [0.15, 0.2) is 0 Å². The van der Waals surface area contributed by atoms with Gasteiger partial charge in [-0.05, 0) is 108 Å². The average molecular weight is 904 g/mol. The summed E-state index contributed by atoms with van der Waals surface area (Å²) in [6.07, 6.45) is 0. The van der Waals surface area contributed by atoms with Crippen LogP contribution < -0.4 is 0 Å². The fourth-order valence-electron chi connectivity index (χ4n) is 12.2. The Hall–Kier alpha value is -9.58. The Morgan fingerprint density at radius 2 is 0.563 bits per heavy atom. The summed E-state index contributed by atoms with van der Waals surface area (Å²) < 4.78 is 7.32. The molecular weight excluding hydrogens is 863 g/mol. The number of H-pyrrole nitrogens is 2. The van der Waals surface area contributed by atoms with Crippen LogP contribution in [0.4, 0.5) is 0 Å². The van der Waals surface area contributed by atoms with Gasteiger partial charge < -0.3 is 23.7 Å². The molecule has 0 atom stereocenters. The number of benzene rings is 11. The Morgan fingerprint density at radius 3 is 0.986 bits per heavy atom. The topological polar surface area (TPSA) is 46.4 Å². The van der Waals surface area contributed by atoms with Gasteiger partial charge in [-0.25, -0.2) is 0 Å². The highest BCUT2D eigenvalue weighted by atomic mass is 15.0. The monoisotopic (exact) mass is 903 g/mol. The summed E-state index contributed by atoms with van der Waals surface area (Å²) in [7, 11) is 0. The normalized spacial score (nSPS) is 12.2. The van der Waals surface area contributed by atoms with Gasteiger partial charge >= 0.3 is 0 Å². The standard InChI is InChI=1S/C66H41N5/c1-2-16-42(17-3-1)69-63-32-30-40(51-36-43(38-55-45-18-4-10-24-57(45)67-65(51)55)70-59-26-12-6-20-47(59)48-21-7-13-27-60(48)70)34-53(63)54-35-41(31-33-64(54)69)52-37-44(39-56-46-19-5-11-25-58(46)68-66(52)56)71-61-28-14-8-22-49(61)50-23-9-15-29-62(50)71/h1-39,67-68H. The molecule has 16 rings (SSSR count). The highest BCUT2D eigenvalue weighted by Crippen LogP contribution is 2.44. The molecule has 16 aromatic rings. The Kier molecular flexibility index (Phi) is 7.82. The van der Waals surface area contributed by atoms with Gasteiger partial charge in [-0.2, -0.15) is 0 Å². The Balaban J connectivity index is 0.974. The summed E-state index contributed by atoms with van der Waals surface area (Å²) in [5, 5.41) is 12.2. The molecule has 2 N–H and O–H groups in total. The molecular formula is C66H41N5. The van der Waals surface area contributed by atoms with Crippen LogP contribution in [-0.2, 0) is 0 Å². The Morgan fingerprint density at radius 1 is 0.225 bits per heavy atom. The third kappa shape index (κ3) is 5.46. The van der Waals surface area contributed by atoms with E-state index >= 15 is 0 Å². The fourth-order valence-corrected chi connectivity index (χ4v) is 12.2.